The summed E-state index contributed by atoms with van der Waals surface area (Å²) in [5.74, 6) is 0.234. The predicted molar refractivity (Wildman–Crippen MR) is 42.1 cm³/mol. The highest BCUT2D eigenvalue weighted by molar-refractivity contribution is 5.50. The largest absolute Gasteiger partial charge is 0.497 e. The van der Waals surface area contributed by atoms with Crippen LogP contribution in [0.15, 0.2) is 18.2 Å². The van der Waals surface area contributed by atoms with Gasteiger partial charge in [-0.05, 0) is 18.5 Å². The third-order valence-corrected chi connectivity index (χ3v) is 1.30. The van der Waals surface area contributed by atoms with Crippen molar-refractivity contribution in [3.05, 3.63) is 23.7 Å². The van der Waals surface area contributed by atoms with Gasteiger partial charge in [0.25, 0.3) is 0 Å². The highest BCUT2D eigenvalue weighted by atomic mass is 16.5. The number of hydrogen-bond acceptors (Lipinski definition) is 2. The first kappa shape index (κ1) is 4.61. The molecule has 1 aromatic carbocycles. The Balaban J connectivity index is 3.40. The van der Waals surface area contributed by atoms with Gasteiger partial charge >= 0.3 is 0 Å². The zero-order chi connectivity index (χ0) is 9.30. The predicted octanol–water partition coefficient (Wildman–Crippen LogP) is 1.59. The summed E-state index contributed by atoms with van der Waals surface area (Å²) in [6.45, 7) is 1.77. The molecule has 0 aliphatic heterocycles. The minimum absolute atomic E-state index is 0.0995. The molecule has 0 unspecified atom stereocenters. The second kappa shape index (κ2) is 2.60. The molecule has 0 aliphatic rings. The summed E-state index contributed by atoms with van der Waals surface area (Å²) < 4.78 is 19.8. The molecular formula is C8H11NO. The van der Waals surface area contributed by atoms with Gasteiger partial charge in [-0.3, -0.25) is 0 Å². The van der Waals surface area contributed by atoms with Crippen molar-refractivity contribution in [3.8, 4) is 5.75 Å². The van der Waals surface area contributed by atoms with E-state index in [9.17, 15) is 0 Å². The van der Waals surface area contributed by atoms with Crippen LogP contribution in [0.5, 0.6) is 5.75 Å². The second-order valence-electron chi connectivity index (χ2n) is 2.04. The molecule has 54 valence electrons. The van der Waals surface area contributed by atoms with Crippen LogP contribution < -0.4 is 10.5 Å². The number of methoxy groups -OCH3 is 1. The standard InChI is InChI=1S/C8H11NO/c1-6-3-4-7(10-2)5-8(6)9/h3-5H,9H2,1-2H3/i4D,5D. The molecule has 2 heteroatoms. The van der Waals surface area contributed by atoms with E-state index in [0.717, 1.165) is 5.56 Å². The normalized spacial score (nSPS) is 12.2. The molecular weight excluding hydrogens is 126 g/mol. The highest BCUT2D eigenvalue weighted by Gasteiger charge is 1.93. The SMILES string of the molecule is [2H]c1cc(C)c(N)c([2H])c1OC. The Labute approximate surface area is 63.4 Å². The third-order valence-electron chi connectivity index (χ3n) is 1.30. The van der Waals surface area contributed by atoms with Crippen LogP contribution in [0, 0.1) is 6.92 Å². The van der Waals surface area contributed by atoms with E-state index in [4.69, 9.17) is 13.2 Å². The molecule has 0 radical (unpaired) electrons. The molecule has 1 aromatic rings. The zero-order valence-electron chi connectivity index (χ0n) is 8.06. The van der Waals surface area contributed by atoms with Gasteiger partial charge in [0.15, 0.2) is 0 Å². The first-order valence-corrected chi connectivity index (χ1v) is 2.98. The Bertz CT molecular complexity index is 312. The van der Waals surface area contributed by atoms with E-state index in [2.05, 4.69) is 0 Å². The van der Waals surface area contributed by atoms with Crippen LogP contribution in [-0.4, -0.2) is 7.11 Å². The fourth-order valence-corrected chi connectivity index (χ4v) is 0.618. The lowest BCUT2D eigenvalue weighted by Gasteiger charge is -2.02. The Kier molecular flexibility index (Phi) is 1.20. The summed E-state index contributed by atoms with van der Waals surface area (Å²) in [5, 5.41) is 0. The summed E-state index contributed by atoms with van der Waals surface area (Å²) in [7, 11) is 1.43. The van der Waals surface area contributed by atoms with Crippen LogP contribution in [0.2, 0.25) is 0 Å². The number of aryl methyl sites for hydroxylation is 1. The van der Waals surface area contributed by atoms with Crippen molar-refractivity contribution in [2.45, 2.75) is 6.92 Å². The lowest BCUT2D eigenvalue weighted by molar-refractivity contribution is 0.415. The summed E-state index contributed by atoms with van der Waals surface area (Å²) in [6.07, 6.45) is 0. The van der Waals surface area contributed by atoms with Gasteiger partial charge in [0, 0.05) is 11.7 Å². The first-order valence-electron chi connectivity index (χ1n) is 3.98. The Morgan fingerprint density at radius 3 is 3.00 bits per heavy atom. The molecule has 0 saturated carbocycles. The minimum atomic E-state index is 0.0995. The summed E-state index contributed by atoms with van der Waals surface area (Å²) in [4.78, 5) is 0. The fraction of sp³-hybridized carbons (Fsp3) is 0.250. The summed E-state index contributed by atoms with van der Waals surface area (Å²) >= 11 is 0. The molecule has 0 saturated heterocycles. The maximum Gasteiger partial charge on any atom is 0.120 e. The summed E-state index contributed by atoms with van der Waals surface area (Å²) in [6, 6.07) is 1.89. The van der Waals surface area contributed by atoms with Crippen LogP contribution in [0.1, 0.15) is 8.30 Å². The van der Waals surface area contributed by atoms with Crippen LogP contribution in [0.3, 0.4) is 0 Å². The second-order valence-corrected chi connectivity index (χ2v) is 2.04. The number of nitrogens with two attached hydrogens (primary N) is 1. The van der Waals surface area contributed by atoms with Crippen LogP contribution in [-0.2, 0) is 0 Å². The number of benzene rings is 1. The maximum atomic E-state index is 7.51. The molecule has 0 bridgehead atoms. The number of nitrogen functional groups attached to an aromatic ring is 1. The summed E-state index contributed by atoms with van der Waals surface area (Å²) in [5.41, 5.74) is 6.70. The Morgan fingerprint density at radius 2 is 2.40 bits per heavy atom. The van der Waals surface area contributed by atoms with Crippen molar-refractivity contribution in [3.63, 3.8) is 0 Å². The Hall–Kier alpha value is -1.18. The quantitative estimate of drug-likeness (QED) is 0.599. The van der Waals surface area contributed by atoms with Gasteiger partial charge in [0.05, 0.1) is 9.85 Å². The van der Waals surface area contributed by atoms with Crippen molar-refractivity contribution >= 4 is 5.69 Å². The van der Waals surface area contributed by atoms with Crippen molar-refractivity contribution in [1.29, 1.82) is 0 Å². The molecule has 10 heavy (non-hydrogen) atoms. The van der Waals surface area contributed by atoms with E-state index in [1.54, 1.807) is 13.0 Å². The lowest BCUT2D eigenvalue weighted by atomic mass is 10.2. The molecule has 1 rings (SSSR count). The first-order chi connectivity index (χ1) is 5.57. The van der Waals surface area contributed by atoms with Gasteiger partial charge in [-0.25, -0.2) is 0 Å². The molecule has 0 aliphatic carbocycles. The van der Waals surface area contributed by atoms with Gasteiger partial charge in [-0.1, -0.05) is 6.07 Å². The van der Waals surface area contributed by atoms with Crippen molar-refractivity contribution < 1.29 is 7.48 Å². The average Bonchev–Trinajstić information content (AvgIpc) is 2.01. The number of rotatable bonds is 1. The van der Waals surface area contributed by atoms with Crippen LogP contribution >= 0.6 is 0 Å². The highest BCUT2D eigenvalue weighted by Crippen LogP contribution is 2.17. The molecule has 2 nitrogen and oxygen atoms in total. The van der Waals surface area contributed by atoms with E-state index >= 15 is 0 Å². The number of anilines is 1. The van der Waals surface area contributed by atoms with E-state index in [0.29, 0.717) is 5.69 Å². The molecule has 0 amide bonds. The van der Waals surface area contributed by atoms with Gasteiger partial charge in [-0.2, -0.15) is 0 Å². The zero-order valence-corrected chi connectivity index (χ0v) is 6.06. The van der Waals surface area contributed by atoms with Crippen molar-refractivity contribution in [1.82, 2.24) is 0 Å². The lowest BCUT2D eigenvalue weighted by Crippen LogP contribution is -1.90. The van der Waals surface area contributed by atoms with Gasteiger partial charge in [0.2, 0.25) is 0 Å². The molecule has 0 heterocycles. The van der Waals surface area contributed by atoms with Crippen molar-refractivity contribution in [2.24, 2.45) is 0 Å². The van der Waals surface area contributed by atoms with E-state index in [1.807, 2.05) is 0 Å². The third kappa shape index (κ3) is 1.21. The van der Waals surface area contributed by atoms with Gasteiger partial charge in [0.1, 0.15) is 5.75 Å². The monoisotopic (exact) mass is 139 g/mol. The topological polar surface area (TPSA) is 35.2 Å². The fourth-order valence-electron chi connectivity index (χ4n) is 0.618. The maximum absolute atomic E-state index is 7.51. The number of hydrogen-bond donors (Lipinski definition) is 1. The smallest absolute Gasteiger partial charge is 0.120 e. The molecule has 0 atom stereocenters. The molecule has 2 N–H and O–H groups in total. The molecule has 0 fully saturated rings. The average molecular weight is 139 g/mol. The number of ether oxygens (including phenoxy) is 1. The van der Waals surface area contributed by atoms with Crippen LogP contribution in [0.25, 0.3) is 0 Å². The van der Waals surface area contributed by atoms with E-state index < -0.39 is 0 Å². The van der Waals surface area contributed by atoms with Gasteiger partial charge < -0.3 is 10.5 Å². The van der Waals surface area contributed by atoms with Crippen LogP contribution in [0.4, 0.5) is 5.69 Å². The Morgan fingerprint density at radius 1 is 1.70 bits per heavy atom. The van der Waals surface area contributed by atoms with E-state index in [-0.39, 0.29) is 17.8 Å². The van der Waals surface area contributed by atoms with Gasteiger partial charge in [-0.15, -0.1) is 0 Å². The van der Waals surface area contributed by atoms with E-state index in [1.165, 1.54) is 7.11 Å². The molecule has 0 aromatic heterocycles. The minimum Gasteiger partial charge on any atom is -0.497 e. The molecule has 0 spiro atoms. The van der Waals surface area contributed by atoms with Crippen molar-refractivity contribution in [2.75, 3.05) is 12.8 Å².